The van der Waals surface area contributed by atoms with Gasteiger partial charge in [-0.1, -0.05) is 35.2 Å². The summed E-state index contributed by atoms with van der Waals surface area (Å²) in [6.45, 7) is 3.90. The van der Waals surface area contributed by atoms with Crippen LogP contribution in [0.25, 0.3) is 0 Å². The van der Waals surface area contributed by atoms with Crippen molar-refractivity contribution in [2.45, 2.75) is 56.0 Å². The summed E-state index contributed by atoms with van der Waals surface area (Å²) < 4.78 is 28.1. The second kappa shape index (κ2) is 9.24. The van der Waals surface area contributed by atoms with Crippen LogP contribution in [0, 0.1) is 0 Å². The molecule has 2 aliphatic rings. The first-order valence-electron chi connectivity index (χ1n) is 10.1. The first kappa shape index (κ1) is 21.7. The molecule has 0 radical (unpaired) electrons. The lowest BCUT2D eigenvalue weighted by Crippen LogP contribution is -2.56. The van der Waals surface area contributed by atoms with Crippen LogP contribution >= 0.6 is 15.9 Å². The third-order valence-corrected chi connectivity index (χ3v) is 8.54. The average molecular weight is 472 g/mol. The van der Waals surface area contributed by atoms with E-state index < -0.39 is 10.0 Å². The molecule has 8 heteroatoms. The highest BCUT2D eigenvalue weighted by Gasteiger charge is 2.34. The van der Waals surface area contributed by atoms with Gasteiger partial charge in [0.05, 0.1) is 10.9 Å². The van der Waals surface area contributed by atoms with Crippen LogP contribution in [0.1, 0.15) is 39.0 Å². The zero-order valence-corrected chi connectivity index (χ0v) is 19.1. The minimum absolute atomic E-state index is 0.149. The molecular formula is C20H30BrN3O3S. The quantitative estimate of drug-likeness (QED) is 0.662. The van der Waals surface area contributed by atoms with E-state index in [0.717, 1.165) is 17.3 Å². The molecule has 1 aromatic rings. The van der Waals surface area contributed by atoms with Gasteiger partial charge in [0.2, 0.25) is 15.9 Å². The monoisotopic (exact) mass is 471 g/mol. The van der Waals surface area contributed by atoms with Crippen molar-refractivity contribution in [2.75, 3.05) is 33.2 Å². The van der Waals surface area contributed by atoms with E-state index in [-0.39, 0.29) is 11.9 Å². The van der Waals surface area contributed by atoms with Gasteiger partial charge in [0.15, 0.2) is 0 Å². The molecule has 1 aliphatic heterocycles. The van der Waals surface area contributed by atoms with Gasteiger partial charge in [-0.15, -0.1) is 0 Å². The molecular weight excluding hydrogens is 442 g/mol. The number of piperazine rings is 1. The van der Waals surface area contributed by atoms with E-state index in [2.05, 4.69) is 20.8 Å². The lowest BCUT2D eigenvalue weighted by Gasteiger charge is -2.39. The van der Waals surface area contributed by atoms with E-state index in [1.54, 1.807) is 24.3 Å². The summed E-state index contributed by atoms with van der Waals surface area (Å²) in [5.74, 6) is 0.149. The van der Waals surface area contributed by atoms with Crippen LogP contribution in [0.2, 0.25) is 0 Å². The van der Waals surface area contributed by atoms with E-state index >= 15 is 0 Å². The number of hydrogen-bond acceptors (Lipinski definition) is 4. The molecule has 1 aromatic carbocycles. The van der Waals surface area contributed by atoms with Gasteiger partial charge in [0.25, 0.3) is 0 Å². The lowest BCUT2D eigenvalue weighted by molar-refractivity contribution is -0.138. The van der Waals surface area contributed by atoms with E-state index in [1.165, 1.54) is 23.6 Å². The van der Waals surface area contributed by atoms with Crippen LogP contribution < -0.4 is 0 Å². The van der Waals surface area contributed by atoms with Gasteiger partial charge in [-0.2, -0.15) is 4.31 Å². The number of nitrogens with zero attached hydrogens (tertiary/aromatic N) is 3. The van der Waals surface area contributed by atoms with Crippen molar-refractivity contribution in [3.8, 4) is 0 Å². The molecule has 1 heterocycles. The van der Waals surface area contributed by atoms with E-state index in [1.807, 2.05) is 18.9 Å². The fourth-order valence-electron chi connectivity index (χ4n) is 4.19. The van der Waals surface area contributed by atoms with Crippen molar-refractivity contribution in [2.24, 2.45) is 0 Å². The molecule has 0 N–H and O–H groups in total. The molecule has 28 heavy (non-hydrogen) atoms. The van der Waals surface area contributed by atoms with Crippen LogP contribution in [-0.4, -0.2) is 73.7 Å². The molecule has 1 aliphatic carbocycles. The lowest BCUT2D eigenvalue weighted by atomic mass is 9.94. The molecule has 2 fully saturated rings. The third-order valence-electron chi connectivity index (χ3n) is 6.10. The Morgan fingerprint density at radius 2 is 1.64 bits per heavy atom. The number of halogens is 1. The summed E-state index contributed by atoms with van der Waals surface area (Å²) in [7, 11) is -1.57. The van der Waals surface area contributed by atoms with Crippen molar-refractivity contribution < 1.29 is 13.2 Å². The first-order chi connectivity index (χ1) is 13.3. The van der Waals surface area contributed by atoms with Gasteiger partial charge in [-0.3, -0.25) is 9.69 Å². The molecule has 0 aromatic heterocycles. The Labute approximate surface area is 177 Å². The van der Waals surface area contributed by atoms with Gasteiger partial charge < -0.3 is 4.90 Å². The van der Waals surface area contributed by atoms with Crippen LogP contribution in [0.15, 0.2) is 33.6 Å². The summed E-state index contributed by atoms with van der Waals surface area (Å²) in [5.41, 5.74) is 0. The fraction of sp³-hybridized carbons (Fsp3) is 0.650. The Hall–Kier alpha value is -0.960. The molecule has 1 amide bonds. The summed E-state index contributed by atoms with van der Waals surface area (Å²) in [6, 6.07) is 6.86. The fourth-order valence-corrected chi connectivity index (χ4v) is 5.87. The number of amides is 1. The topological polar surface area (TPSA) is 60.9 Å². The van der Waals surface area contributed by atoms with Gasteiger partial charge in [0.1, 0.15) is 0 Å². The van der Waals surface area contributed by atoms with E-state index in [9.17, 15) is 13.2 Å². The standard InChI is InChI=1S/C20H30BrN3O3S/c1-16(20(25)22(2)18-6-4-3-5-7-18)23-12-14-24(15-13-23)28(26,27)19-10-8-17(21)9-11-19/h8-11,16,18H,3-7,12-15H2,1-2H3. The number of sulfonamides is 1. The molecule has 1 unspecified atom stereocenters. The van der Waals surface area contributed by atoms with E-state index in [0.29, 0.717) is 37.1 Å². The number of benzene rings is 1. The van der Waals surface area contributed by atoms with Crippen molar-refractivity contribution >= 4 is 31.9 Å². The van der Waals surface area contributed by atoms with Gasteiger partial charge in [-0.05, 0) is 44.0 Å². The maximum absolute atomic E-state index is 12.9. The van der Waals surface area contributed by atoms with E-state index in [4.69, 9.17) is 0 Å². The Kier molecular flexibility index (Phi) is 7.17. The minimum Gasteiger partial charge on any atom is -0.341 e. The Morgan fingerprint density at radius 1 is 1.07 bits per heavy atom. The van der Waals surface area contributed by atoms with Crippen molar-refractivity contribution in [1.82, 2.24) is 14.1 Å². The second-order valence-corrected chi connectivity index (χ2v) is 10.7. The molecule has 6 nitrogen and oxygen atoms in total. The molecule has 3 rings (SSSR count). The SMILES string of the molecule is CC(C(=O)N(C)C1CCCCC1)N1CCN(S(=O)(=O)c2ccc(Br)cc2)CC1. The minimum atomic E-state index is -3.49. The van der Waals surface area contributed by atoms with Gasteiger partial charge >= 0.3 is 0 Å². The molecule has 156 valence electrons. The predicted octanol–water partition coefficient (Wildman–Crippen LogP) is 2.94. The van der Waals surface area contributed by atoms with Crippen LogP contribution in [0.4, 0.5) is 0 Å². The van der Waals surface area contributed by atoms with Gasteiger partial charge in [0, 0.05) is 43.7 Å². The van der Waals surface area contributed by atoms with Crippen LogP contribution in [0.5, 0.6) is 0 Å². The zero-order valence-electron chi connectivity index (χ0n) is 16.7. The predicted molar refractivity (Wildman–Crippen MR) is 114 cm³/mol. The third kappa shape index (κ3) is 4.78. The molecule has 1 atom stereocenters. The molecule has 1 saturated carbocycles. The summed E-state index contributed by atoms with van der Waals surface area (Å²) >= 11 is 3.33. The summed E-state index contributed by atoms with van der Waals surface area (Å²) in [6.07, 6.45) is 5.84. The number of rotatable bonds is 5. The molecule has 1 saturated heterocycles. The first-order valence-corrected chi connectivity index (χ1v) is 12.3. The summed E-state index contributed by atoms with van der Waals surface area (Å²) in [4.78, 5) is 17.3. The number of hydrogen-bond donors (Lipinski definition) is 0. The van der Waals surface area contributed by atoms with Crippen molar-refractivity contribution in [1.29, 1.82) is 0 Å². The summed E-state index contributed by atoms with van der Waals surface area (Å²) in [5, 5.41) is 0. The number of likely N-dealkylation sites (N-methyl/N-ethyl adjacent to an activating group) is 1. The Morgan fingerprint density at radius 3 is 2.21 bits per heavy atom. The second-order valence-electron chi connectivity index (χ2n) is 7.81. The Bertz CT molecular complexity index is 770. The average Bonchev–Trinajstić information content (AvgIpc) is 2.73. The maximum atomic E-state index is 12.9. The van der Waals surface area contributed by atoms with Gasteiger partial charge in [-0.25, -0.2) is 8.42 Å². The normalized spacial score (nSPS) is 21.4. The highest BCUT2D eigenvalue weighted by atomic mass is 79.9. The zero-order chi connectivity index (χ0) is 20.3. The Balaban J connectivity index is 1.58. The molecule has 0 bridgehead atoms. The smallest absolute Gasteiger partial charge is 0.243 e. The van der Waals surface area contributed by atoms with Crippen molar-refractivity contribution in [3.05, 3.63) is 28.7 Å². The van der Waals surface area contributed by atoms with Crippen LogP contribution in [-0.2, 0) is 14.8 Å². The highest BCUT2D eigenvalue weighted by molar-refractivity contribution is 9.10. The van der Waals surface area contributed by atoms with Crippen LogP contribution in [0.3, 0.4) is 0 Å². The number of carbonyl (C=O) groups excluding carboxylic acids is 1. The maximum Gasteiger partial charge on any atom is 0.243 e. The van der Waals surface area contributed by atoms with Crippen molar-refractivity contribution in [3.63, 3.8) is 0 Å². The number of carbonyl (C=O) groups is 1. The largest absolute Gasteiger partial charge is 0.341 e. The molecule has 0 spiro atoms. The highest BCUT2D eigenvalue weighted by Crippen LogP contribution is 2.24.